The summed E-state index contributed by atoms with van der Waals surface area (Å²) >= 11 is 11.8. The molecular formula is C19H19Cl2N3O3. The van der Waals surface area contributed by atoms with Crippen LogP contribution in [-0.2, 0) is 9.59 Å². The molecule has 8 heteroatoms. The van der Waals surface area contributed by atoms with E-state index >= 15 is 0 Å². The SMILES string of the molecule is C/C(CC(=O)Nc1cc(Cl)cc(Cl)c1)=N\NC(=O)COc1ccc(C)cc1. The molecule has 0 atom stereocenters. The number of carbonyl (C=O) groups is 2. The van der Waals surface area contributed by atoms with Crippen LogP contribution in [0.1, 0.15) is 18.9 Å². The van der Waals surface area contributed by atoms with Crippen molar-refractivity contribution in [1.82, 2.24) is 5.43 Å². The number of anilines is 1. The van der Waals surface area contributed by atoms with Crippen molar-refractivity contribution < 1.29 is 14.3 Å². The van der Waals surface area contributed by atoms with E-state index in [1.807, 2.05) is 19.1 Å². The number of rotatable bonds is 7. The summed E-state index contributed by atoms with van der Waals surface area (Å²) in [6.07, 6.45) is 0.00321. The number of nitrogens with zero attached hydrogens (tertiary/aromatic N) is 1. The van der Waals surface area contributed by atoms with Crippen molar-refractivity contribution in [3.05, 3.63) is 58.1 Å². The highest BCUT2D eigenvalue weighted by atomic mass is 35.5. The van der Waals surface area contributed by atoms with Crippen molar-refractivity contribution in [1.29, 1.82) is 0 Å². The van der Waals surface area contributed by atoms with Gasteiger partial charge < -0.3 is 10.1 Å². The number of hydrazone groups is 1. The number of carbonyl (C=O) groups excluding carboxylic acids is 2. The van der Waals surface area contributed by atoms with Gasteiger partial charge in [-0.2, -0.15) is 5.10 Å². The maximum atomic E-state index is 12.0. The Balaban J connectivity index is 1.77. The topological polar surface area (TPSA) is 79.8 Å². The number of nitrogens with one attached hydrogen (secondary N) is 2. The Hall–Kier alpha value is -2.57. The first-order valence-electron chi connectivity index (χ1n) is 8.09. The minimum atomic E-state index is -0.419. The molecule has 0 aliphatic carbocycles. The van der Waals surface area contributed by atoms with Crippen LogP contribution in [0.4, 0.5) is 5.69 Å². The van der Waals surface area contributed by atoms with E-state index in [1.54, 1.807) is 37.3 Å². The van der Waals surface area contributed by atoms with Crippen molar-refractivity contribution in [2.24, 2.45) is 5.10 Å². The Morgan fingerprint density at radius 1 is 1.04 bits per heavy atom. The van der Waals surface area contributed by atoms with Gasteiger partial charge in [0.25, 0.3) is 5.91 Å². The number of benzene rings is 2. The average Bonchev–Trinajstić information content (AvgIpc) is 2.58. The molecule has 2 rings (SSSR count). The normalized spacial score (nSPS) is 11.0. The Morgan fingerprint density at radius 2 is 1.67 bits per heavy atom. The Bertz CT molecular complexity index is 832. The van der Waals surface area contributed by atoms with Crippen molar-refractivity contribution >= 4 is 46.4 Å². The smallest absolute Gasteiger partial charge is 0.277 e. The molecule has 0 spiro atoms. The molecule has 2 aromatic rings. The predicted octanol–water partition coefficient (Wildman–Crippen LogP) is 4.20. The maximum Gasteiger partial charge on any atom is 0.277 e. The zero-order chi connectivity index (χ0) is 19.8. The lowest BCUT2D eigenvalue weighted by atomic mass is 10.2. The largest absolute Gasteiger partial charge is 0.484 e. The van der Waals surface area contributed by atoms with Gasteiger partial charge in [0, 0.05) is 21.4 Å². The summed E-state index contributed by atoms with van der Waals surface area (Å²) < 4.78 is 5.35. The van der Waals surface area contributed by atoms with Crippen LogP contribution in [0.15, 0.2) is 47.6 Å². The Labute approximate surface area is 167 Å². The van der Waals surface area contributed by atoms with Gasteiger partial charge >= 0.3 is 0 Å². The molecule has 2 N–H and O–H groups in total. The van der Waals surface area contributed by atoms with Crippen molar-refractivity contribution in [3.63, 3.8) is 0 Å². The average molecular weight is 408 g/mol. The molecule has 2 aromatic carbocycles. The van der Waals surface area contributed by atoms with Crippen LogP contribution in [0, 0.1) is 6.92 Å². The fourth-order valence-corrected chi connectivity index (χ4v) is 2.60. The molecular weight excluding hydrogens is 389 g/mol. The molecule has 2 amide bonds. The highest BCUT2D eigenvalue weighted by Gasteiger charge is 2.07. The molecule has 0 heterocycles. The number of amides is 2. The first kappa shape index (κ1) is 20.7. The van der Waals surface area contributed by atoms with E-state index in [-0.39, 0.29) is 18.9 Å². The summed E-state index contributed by atoms with van der Waals surface area (Å²) in [7, 11) is 0. The summed E-state index contributed by atoms with van der Waals surface area (Å²) in [5, 5.41) is 7.40. The van der Waals surface area contributed by atoms with Gasteiger partial charge in [0.15, 0.2) is 6.61 Å². The van der Waals surface area contributed by atoms with Crippen LogP contribution < -0.4 is 15.5 Å². The molecule has 27 heavy (non-hydrogen) atoms. The lowest BCUT2D eigenvalue weighted by molar-refractivity contribution is -0.123. The summed E-state index contributed by atoms with van der Waals surface area (Å²) in [5.74, 6) is -0.132. The second-order valence-corrected chi connectivity index (χ2v) is 6.74. The lowest BCUT2D eigenvalue weighted by Gasteiger charge is -2.07. The maximum absolute atomic E-state index is 12.0. The van der Waals surface area contributed by atoms with Gasteiger partial charge in [-0.05, 0) is 44.2 Å². The highest BCUT2D eigenvalue weighted by Crippen LogP contribution is 2.22. The molecule has 6 nitrogen and oxygen atoms in total. The van der Waals surface area contributed by atoms with Gasteiger partial charge in [0.1, 0.15) is 5.75 Å². The van der Waals surface area contributed by atoms with E-state index in [0.29, 0.717) is 27.2 Å². The van der Waals surface area contributed by atoms with Crippen molar-refractivity contribution in [2.75, 3.05) is 11.9 Å². The number of ether oxygens (including phenoxy) is 1. The van der Waals surface area contributed by atoms with Gasteiger partial charge in [-0.15, -0.1) is 0 Å². The number of hydrogen-bond donors (Lipinski definition) is 2. The van der Waals surface area contributed by atoms with Gasteiger partial charge in [0.2, 0.25) is 5.91 Å². The minimum absolute atomic E-state index is 0.00321. The summed E-state index contributed by atoms with van der Waals surface area (Å²) in [6.45, 7) is 3.42. The van der Waals surface area contributed by atoms with E-state index in [4.69, 9.17) is 27.9 Å². The van der Waals surface area contributed by atoms with Crippen LogP contribution in [-0.4, -0.2) is 24.1 Å². The summed E-state index contributed by atoms with van der Waals surface area (Å²) in [4.78, 5) is 23.8. The van der Waals surface area contributed by atoms with Crippen LogP contribution in [0.25, 0.3) is 0 Å². The molecule has 0 fully saturated rings. The summed E-state index contributed by atoms with van der Waals surface area (Å²) in [6, 6.07) is 12.1. The second kappa shape index (κ2) is 9.94. The van der Waals surface area contributed by atoms with Gasteiger partial charge in [0.05, 0.1) is 6.42 Å². The molecule has 0 aliphatic rings. The molecule has 0 saturated carbocycles. The van der Waals surface area contributed by atoms with Gasteiger partial charge in [-0.1, -0.05) is 40.9 Å². The predicted molar refractivity (Wildman–Crippen MR) is 108 cm³/mol. The second-order valence-electron chi connectivity index (χ2n) is 5.87. The molecule has 0 aromatic heterocycles. The molecule has 142 valence electrons. The molecule has 0 aliphatic heterocycles. The van der Waals surface area contributed by atoms with E-state index in [9.17, 15) is 9.59 Å². The number of hydrogen-bond acceptors (Lipinski definition) is 4. The van der Waals surface area contributed by atoms with Crippen molar-refractivity contribution in [3.8, 4) is 5.75 Å². The fraction of sp³-hybridized carbons (Fsp3) is 0.211. The molecule has 0 bridgehead atoms. The zero-order valence-electron chi connectivity index (χ0n) is 14.9. The third kappa shape index (κ3) is 7.68. The quantitative estimate of drug-likeness (QED) is 0.532. The van der Waals surface area contributed by atoms with Crippen LogP contribution in [0.5, 0.6) is 5.75 Å². The molecule has 0 saturated heterocycles. The monoisotopic (exact) mass is 407 g/mol. The van der Waals surface area contributed by atoms with E-state index in [1.165, 1.54) is 0 Å². The van der Waals surface area contributed by atoms with E-state index in [0.717, 1.165) is 5.56 Å². The Kier molecular flexibility index (Phi) is 7.64. The molecule has 0 unspecified atom stereocenters. The van der Waals surface area contributed by atoms with Gasteiger partial charge in [-0.25, -0.2) is 5.43 Å². The zero-order valence-corrected chi connectivity index (χ0v) is 16.4. The van der Waals surface area contributed by atoms with E-state index < -0.39 is 5.91 Å². The fourth-order valence-electron chi connectivity index (χ4n) is 2.08. The van der Waals surface area contributed by atoms with Crippen LogP contribution in [0.2, 0.25) is 10.0 Å². The van der Waals surface area contributed by atoms with E-state index in [2.05, 4.69) is 15.8 Å². The number of halogens is 2. The third-order valence-corrected chi connectivity index (χ3v) is 3.76. The Morgan fingerprint density at radius 3 is 2.30 bits per heavy atom. The van der Waals surface area contributed by atoms with Crippen LogP contribution >= 0.6 is 23.2 Å². The van der Waals surface area contributed by atoms with Crippen molar-refractivity contribution in [2.45, 2.75) is 20.3 Å². The first-order valence-corrected chi connectivity index (χ1v) is 8.85. The third-order valence-electron chi connectivity index (χ3n) is 3.33. The van der Waals surface area contributed by atoms with Gasteiger partial charge in [-0.3, -0.25) is 9.59 Å². The first-order chi connectivity index (χ1) is 12.8. The summed E-state index contributed by atoms with van der Waals surface area (Å²) in [5.41, 5.74) is 4.38. The number of aryl methyl sites for hydroxylation is 1. The minimum Gasteiger partial charge on any atom is -0.484 e. The highest BCUT2D eigenvalue weighted by molar-refractivity contribution is 6.35. The van der Waals surface area contributed by atoms with Crippen LogP contribution in [0.3, 0.4) is 0 Å². The lowest BCUT2D eigenvalue weighted by Crippen LogP contribution is -2.26. The standard InChI is InChI=1S/C19H19Cl2N3O3/c1-12-3-5-17(6-4-12)27-11-19(26)24-23-13(2)7-18(25)22-16-9-14(20)8-15(21)10-16/h3-6,8-10H,7,11H2,1-2H3,(H,22,25)(H,24,26)/b23-13+. The molecule has 0 radical (unpaired) electrons.